The van der Waals surface area contributed by atoms with Gasteiger partial charge >= 0.3 is 0 Å². The number of halogens is 3. The van der Waals surface area contributed by atoms with Gasteiger partial charge in [0.05, 0.1) is 6.04 Å². The van der Waals surface area contributed by atoms with Gasteiger partial charge in [0.15, 0.2) is 11.4 Å². The molecule has 0 radical (unpaired) electrons. The maximum absolute atomic E-state index is 14.1. The van der Waals surface area contributed by atoms with Crippen molar-refractivity contribution in [1.29, 1.82) is 0 Å². The third-order valence-corrected chi connectivity index (χ3v) is 5.98. The number of hydrogen-bond acceptors (Lipinski definition) is 5. The highest BCUT2D eigenvalue weighted by Gasteiger charge is 2.37. The van der Waals surface area contributed by atoms with E-state index in [0.717, 1.165) is 12.1 Å². The van der Waals surface area contributed by atoms with Gasteiger partial charge in [-0.3, -0.25) is 14.4 Å². The summed E-state index contributed by atoms with van der Waals surface area (Å²) in [5, 5.41) is 21.3. The quantitative estimate of drug-likeness (QED) is 0.523. The number of nitrogens with zero attached hydrogens (tertiary/aromatic N) is 2. The van der Waals surface area contributed by atoms with Gasteiger partial charge in [0.25, 0.3) is 11.8 Å². The van der Waals surface area contributed by atoms with Crippen LogP contribution in [0.3, 0.4) is 0 Å². The van der Waals surface area contributed by atoms with Crippen LogP contribution >= 0.6 is 11.6 Å². The third-order valence-electron chi connectivity index (χ3n) is 5.63. The van der Waals surface area contributed by atoms with Crippen molar-refractivity contribution in [1.82, 2.24) is 14.8 Å². The smallest absolute Gasteiger partial charge is 0.274 e. The second-order valence-electron chi connectivity index (χ2n) is 8.13. The van der Waals surface area contributed by atoms with E-state index in [2.05, 4.69) is 5.32 Å². The van der Waals surface area contributed by atoms with Crippen LogP contribution in [0.25, 0.3) is 0 Å². The molecule has 0 saturated heterocycles. The Labute approximate surface area is 193 Å². The lowest BCUT2D eigenvalue weighted by Gasteiger charge is -2.40. The van der Waals surface area contributed by atoms with Crippen LogP contribution in [0.2, 0.25) is 5.02 Å². The van der Waals surface area contributed by atoms with Gasteiger partial charge in [0.2, 0.25) is 5.43 Å². The maximum Gasteiger partial charge on any atom is 0.274 e. The van der Waals surface area contributed by atoms with E-state index in [-0.39, 0.29) is 49.5 Å². The van der Waals surface area contributed by atoms with Gasteiger partial charge in [-0.2, -0.15) is 0 Å². The number of pyridine rings is 1. The Kier molecular flexibility index (Phi) is 7.38. The average Bonchev–Trinajstić information content (AvgIpc) is 2.78. The van der Waals surface area contributed by atoms with Crippen molar-refractivity contribution >= 4 is 23.4 Å². The summed E-state index contributed by atoms with van der Waals surface area (Å²) >= 11 is 5.54. The minimum Gasteiger partial charge on any atom is -0.503 e. The zero-order valence-corrected chi connectivity index (χ0v) is 18.8. The molecule has 1 atom stereocenters. The van der Waals surface area contributed by atoms with Crippen LogP contribution in [0.5, 0.6) is 5.75 Å². The number of aliphatic hydroxyl groups is 1. The number of aliphatic hydroxyl groups excluding tert-OH is 1. The highest BCUT2D eigenvalue weighted by Crippen LogP contribution is 2.27. The average molecular weight is 484 g/mol. The second-order valence-corrected chi connectivity index (χ2v) is 8.50. The van der Waals surface area contributed by atoms with Crippen molar-refractivity contribution in [2.45, 2.75) is 39.4 Å². The van der Waals surface area contributed by atoms with Crippen molar-refractivity contribution in [2.75, 3.05) is 13.2 Å². The largest absolute Gasteiger partial charge is 0.503 e. The van der Waals surface area contributed by atoms with Gasteiger partial charge < -0.3 is 25.0 Å². The summed E-state index contributed by atoms with van der Waals surface area (Å²) in [6.07, 6.45) is 1.53. The fourth-order valence-electron chi connectivity index (χ4n) is 3.82. The van der Waals surface area contributed by atoms with E-state index < -0.39 is 45.2 Å². The van der Waals surface area contributed by atoms with E-state index >= 15 is 0 Å². The Hall–Kier alpha value is -2.98. The normalized spacial score (nSPS) is 15.7. The van der Waals surface area contributed by atoms with Crippen LogP contribution in [0.4, 0.5) is 8.78 Å². The Morgan fingerprint density at radius 3 is 2.64 bits per heavy atom. The van der Waals surface area contributed by atoms with E-state index in [1.165, 1.54) is 15.7 Å². The first kappa shape index (κ1) is 24.7. The molecule has 1 aromatic heterocycles. The lowest BCUT2D eigenvalue weighted by molar-refractivity contribution is 0.0495. The Morgan fingerprint density at radius 2 is 2.00 bits per heavy atom. The predicted molar refractivity (Wildman–Crippen MR) is 116 cm³/mol. The highest BCUT2D eigenvalue weighted by atomic mass is 35.5. The Morgan fingerprint density at radius 1 is 1.30 bits per heavy atom. The van der Waals surface area contributed by atoms with Crippen molar-refractivity contribution in [2.24, 2.45) is 5.92 Å². The van der Waals surface area contributed by atoms with Crippen molar-refractivity contribution in [3.63, 3.8) is 0 Å². The van der Waals surface area contributed by atoms with E-state index in [0.29, 0.717) is 6.42 Å². The van der Waals surface area contributed by atoms with Crippen LogP contribution in [-0.4, -0.2) is 50.7 Å². The molecule has 1 unspecified atom stereocenters. The first-order valence-electron chi connectivity index (χ1n) is 10.4. The Bertz CT molecular complexity index is 1150. The Balaban J connectivity index is 1.92. The molecule has 0 saturated carbocycles. The van der Waals surface area contributed by atoms with Crippen molar-refractivity contribution in [3.05, 3.63) is 62.0 Å². The lowest BCUT2D eigenvalue weighted by Crippen LogP contribution is -2.52. The van der Waals surface area contributed by atoms with Gasteiger partial charge in [-0.25, -0.2) is 8.78 Å². The number of hydrogen-bond donors (Lipinski definition) is 3. The monoisotopic (exact) mass is 483 g/mol. The molecule has 8 nitrogen and oxygen atoms in total. The summed E-state index contributed by atoms with van der Waals surface area (Å²) in [6, 6.07) is 1.78. The SMILES string of the molecule is CC(C)C1Cn2cc(C(=O)NCc3ccc(F)c(Cl)c3F)c(=O)c(O)c2C(=O)N1CCCO. The van der Waals surface area contributed by atoms with Crippen molar-refractivity contribution in [3.8, 4) is 5.75 Å². The molecule has 3 N–H and O–H groups in total. The molecule has 0 bridgehead atoms. The zero-order valence-electron chi connectivity index (χ0n) is 18.1. The molecule has 1 aliphatic rings. The second kappa shape index (κ2) is 9.88. The summed E-state index contributed by atoms with van der Waals surface area (Å²) in [7, 11) is 0. The third kappa shape index (κ3) is 4.72. The number of fused-ring (bicyclic) bond motifs is 1. The van der Waals surface area contributed by atoms with Crippen LogP contribution in [-0.2, 0) is 13.1 Å². The number of carbonyl (C=O) groups excluding carboxylic acids is 2. The fraction of sp³-hybridized carbons (Fsp3) is 0.409. The summed E-state index contributed by atoms with van der Waals surface area (Å²) in [5.41, 5.74) is -1.80. The molecule has 0 fully saturated rings. The molecule has 2 aromatic rings. The van der Waals surface area contributed by atoms with Crippen molar-refractivity contribution < 1.29 is 28.6 Å². The van der Waals surface area contributed by atoms with E-state index in [1.807, 2.05) is 13.8 Å². The molecule has 1 aromatic carbocycles. The first-order chi connectivity index (χ1) is 15.6. The number of amides is 2. The molecule has 0 spiro atoms. The molecule has 11 heteroatoms. The minimum atomic E-state index is -1.05. The number of nitrogens with one attached hydrogen (secondary N) is 1. The topological polar surface area (TPSA) is 112 Å². The molecule has 2 amide bonds. The molecule has 2 heterocycles. The summed E-state index contributed by atoms with van der Waals surface area (Å²) in [5.74, 6) is -4.29. The summed E-state index contributed by atoms with van der Waals surface area (Å²) in [4.78, 5) is 39.9. The standard InChI is InChI=1S/C22H24ClF2N3O5/c1-11(2)15-10-27-9-13(19(30)20(31)18(27)22(33)28(15)6-3-7-29)21(32)26-8-12-4-5-14(24)16(23)17(12)25/h4-5,9,11,15,29,31H,3,6-8,10H2,1-2H3,(H,26,32). The number of aromatic nitrogens is 1. The molecule has 3 rings (SSSR count). The number of aromatic hydroxyl groups is 1. The van der Waals surface area contributed by atoms with E-state index in [1.54, 1.807) is 0 Å². The van der Waals surface area contributed by atoms with Gasteiger partial charge in [-0.15, -0.1) is 0 Å². The van der Waals surface area contributed by atoms with Crippen LogP contribution < -0.4 is 10.7 Å². The van der Waals surface area contributed by atoms with Crippen LogP contribution in [0.1, 0.15) is 46.7 Å². The predicted octanol–water partition coefficient (Wildman–Crippen LogP) is 2.28. The minimum absolute atomic E-state index is 0.0193. The highest BCUT2D eigenvalue weighted by molar-refractivity contribution is 6.30. The summed E-state index contributed by atoms with van der Waals surface area (Å²) in [6.45, 7) is 3.79. The zero-order chi connectivity index (χ0) is 24.4. The van der Waals surface area contributed by atoms with Gasteiger partial charge in [-0.05, 0) is 18.4 Å². The van der Waals surface area contributed by atoms with E-state index in [9.17, 15) is 28.3 Å². The van der Waals surface area contributed by atoms with Crippen LogP contribution in [0.15, 0.2) is 23.1 Å². The number of benzene rings is 1. The lowest BCUT2D eigenvalue weighted by atomic mass is 9.98. The van der Waals surface area contributed by atoms with Gasteiger partial charge in [0, 0.05) is 38.0 Å². The molecule has 178 valence electrons. The summed E-state index contributed by atoms with van der Waals surface area (Å²) < 4.78 is 28.8. The first-order valence-corrected chi connectivity index (χ1v) is 10.7. The molecule has 1 aliphatic heterocycles. The van der Waals surface area contributed by atoms with Gasteiger partial charge in [-0.1, -0.05) is 31.5 Å². The molecular formula is C22H24ClF2N3O5. The number of carbonyl (C=O) groups is 2. The fourth-order valence-corrected chi connectivity index (χ4v) is 4.00. The maximum atomic E-state index is 14.1. The molecule has 33 heavy (non-hydrogen) atoms. The van der Waals surface area contributed by atoms with E-state index in [4.69, 9.17) is 16.7 Å². The van der Waals surface area contributed by atoms with Gasteiger partial charge in [0.1, 0.15) is 22.2 Å². The molecule has 0 aliphatic carbocycles. The van der Waals surface area contributed by atoms with Crippen LogP contribution in [0, 0.1) is 17.6 Å². The molecular weight excluding hydrogens is 460 g/mol. The number of rotatable bonds is 7.